The van der Waals surface area contributed by atoms with Gasteiger partial charge < -0.3 is 4.74 Å². The fourth-order valence-electron chi connectivity index (χ4n) is 1.50. The molecule has 0 aliphatic heterocycles. The summed E-state index contributed by atoms with van der Waals surface area (Å²) in [6.45, 7) is 0.672. The summed E-state index contributed by atoms with van der Waals surface area (Å²) in [5, 5.41) is 7.62. The number of hydrogen-bond acceptors (Lipinski definition) is 4. The number of aryl methyl sites for hydroxylation is 2. The zero-order valence-electron chi connectivity index (χ0n) is 9.84. The molecular weight excluding hydrogens is 298 g/mol. The summed E-state index contributed by atoms with van der Waals surface area (Å²) in [5.41, 5.74) is 1.43. The monoisotopic (exact) mass is 309 g/mol. The van der Waals surface area contributed by atoms with E-state index in [4.69, 9.17) is 0 Å². The van der Waals surface area contributed by atoms with E-state index in [9.17, 15) is 4.79 Å². The molecule has 0 N–H and O–H groups in total. The lowest BCUT2D eigenvalue weighted by molar-refractivity contribution is 0.0594. The number of ether oxygens (including phenoxy) is 1. The van der Waals surface area contributed by atoms with Crippen LogP contribution in [0, 0.1) is 0 Å². The first-order valence-corrected chi connectivity index (χ1v) is 6.21. The third kappa shape index (κ3) is 3.16. The number of halogens is 1. The van der Waals surface area contributed by atoms with Crippen LogP contribution in [0.5, 0.6) is 0 Å². The summed E-state index contributed by atoms with van der Waals surface area (Å²) in [6, 6.07) is 8.08. The summed E-state index contributed by atoms with van der Waals surface area (Å²) >= 11 is 3.39. The average Bonchev–Trinajstić information content (AvgIpc) is 2.86. The molecule has 94 valence electrons. The second-order valence-electron chi connectivity index (χ2n) is 3.73. The van der Waals surface area contributed by atoms with Crippen molar-refractivity contribution in [1.82, 2.24) is 15.0 Å². The molecule has 5 nitrogen and oxygen atoms in total. The first-order chi connectivity index (χ1) is 8.69. The molecule has 1 aromatic heterocycles. The van der Waals surface area contributed by atoms with E-state index < -0.39 is 5.97 Å². The molecule has 0 bridgehead atoms. The lowest BCUT2D eigenvalue weighted by atomic mass is 10.1. The Labute approximate surface area is 113 Å². The Balaban J connectivity index is 1.96. The fraction of sp³-hybridized carbons (Fsp3) is 0.250. The maximum atomic E-state index is 11.2. The van der Waals surface area contributed by atoms with Gasteiger partial charge in [-0.1, -0.05) is 33.3 Å². The Morgan fingerprint density at radius 2 is 2.11 bits per heavy atom. The Morgan fingerprint density at radius 3 is 2.78 bits per heavy atom. The van der Waals surface area contributed by atoms with Crippen LogP contribution >= 0.6 is 15.9 Å². The summed E-state index contributed by atoms with van der Waals surface area (Å²) in [6.07, 6.45) is 2.42. The van der Waals surface area contributed by atoms with Crippen LogP contribution in [0.1, 0.15) is 16.1 Å². The SMILES string of the molecule is COC(=O)c1cn(CCc2ccc(Br)cc2)nn1. The maximum Gasteiger partial charge on any atom is 0.360 e. The molecule has 0 aliphatic rings. The van der Waals surface area contributed by atoms with Crippen molar-refractivity contribution in [2.24, 2.45) is 0 Å². The zero-order chi connectivity index (χ0) is 13.0. The van der Waals surface area contributed by atoms with Gasteiger partial charge in [0.1, 0.15) is 0 Å². The molecule has 1 heterocycles. The van der Waals surface area contributed by atoms with Crippen molar-refractivity contribution in [2.45, 2.75) is 13.0 Å². The third-order valence-electron chi connectivity index (χ3n) is 2.48. The second-order valence-corrected chi connectivity index (χ2v) is 4.65. The van der Waals surface area contributed by atoms with Crippen molar-refractivity contribution < 1.29 is 9.53 Å². The van der Waals surface area contributed by atoms with Gasteiger partial charge in [-0.3, -0.25) is 4.68 Å². The molecule has 0 radical (unpaired) electrons. The van der Waals surface area contributed by atoms with Crippen LogP contribution in [0.25, 0.3) is 0 Å². The molecule has 0 saturated heterocycles. The topological polar surface area (TPSA) is 57.0 Å². The van der Waals surface area contributed by atoms with E-state index in [1.54, 1.807) is 10.9 Å². The van der Waals surface area contributed by atoms with Crippen molar-refractivity contribution in [2.75, 3.05) is 7.11 Å². The van der Waals surface area contributed by atoms with Crippen LogP contribution in [-0.4, -0.2) is 28.1 Å². The van der Waals surface area contributed by atoms with E-state index in [1.165, 1.54) is 12.7 Å². The minimum Gasteiger partial charge on any atom is -0.464 e. The number of methoxy groups -OCH3 is 1. The van der Waals surface area contributed by atoms with E-state index >= 15 is 0 Å². The Morgan fingerprint density at radius 1 is 1.39 bits per heavy atom. The largest absolute Gasteiger partial charge is 0.464 e. The first-order valence-electron chi connectivity index (χ1n) is 5.42. The first kappa shape index (κ1) is 12.8. The van der Waals surface area contributed by atoms with Gasteiger partial charge in [0.15, 0.2) is 5.69 Å². The molecular formula is C12H12BrN3O2. The van der Waals surface area contributed by atoms with Gasteiger partial charge in [-0.2, -0.15) is 0 Å². The summed E-state index contributed by atoms with van der Waals surface area (Å²) < 4.78 is 7.25. The lowest BCUT2D eigenvalue weighted by Gasteiger charge is -2.01. The molecule has 2 rings (SSSR count). The van der Waals surface area contributed by atoms with Crippen molar-refractivity contribution >= 4 is 21.9 Å². The van der Waals surface area contributed by atoms with E-state index in [1.807, 2.05) is 24.3 Å². The molecule has 0 aliphatic carbocycles. The fourth-order valence-corrected chi connectivity index (χ4v) is 1.76. The predicted molar refractivity (Wildman–Crippen MR) is 69.2 cm³/mol. The number of benzene rings is 1. The van der Waals surface area contributed by atoms with Gasteiger partial charge >= 0.3 is 5.97 Å². The lowest BCUT2D eigenvalue weighted by Crippen LogP contribution is -2.02. The van der Waals surface area contributed by atoms with E-state index in [-0.39, 0.29) is 5.69 Å². The highest BCUT2D eigenvalue weighted by Gasteiger charge is 2.10. The Bertz CT molecular complexity index is 537. The molecule has 0 saturated carbocycles. The quantitative estimate of drug-likeness (QED) is 0.811. The minimum absolute atomic E-state index is 0.230. The number of nitrogens with zero attached hydrogens (tertiary/aromatic N) is 3. The van der Waals surface area contributed by atoms with E-state index in [0.29, 0.717) is 6.54 Å². The molecule has 0 spiro atoms. The van der Waals surface area contributed by atoms with Crippen LogP contribution in [0.2, 0.25) is 0 Å². The van der Waals surface area contributed by atoms with Gasteiger partial charge in [0.25, 0.3) is 0 Å². The number of carbonyl (C=O) groups is 1. The van der Waals surface area contributed by atoms with Crippen molar-refractivity contribution in [1.29, 1.82) is 0 Å². The van der Waals surface area contributed by atoms with Crippen LogP contribution in [0.15, 0.2) is 34.9 Å². The second kappa shape index (κ2) is 5.77. The minimum atomic E-state index is -0.468. The van der Waals surface area contributed by atoms with Crippen LogP contribution in [0.3, 0.4) is 0 Å². The van der Waals surface area contributed by atoms with Gasteiger partial charge in [-0.15, -0.1) is 5.10 Å². The van der Waals surface area contributed by atoms with Crippen LogP contribution in [0.4, 0.5) is 0 Å². The maximum absolute atomic E-state index is 11.2. The van der Waals surface area contributed by atoms with Crippen LogP contribution < -0.4 is 0 Å². The van der Waals surface area contributed by atoms with Gasteiger partial charge in [-0.05, 0) is 24.1 Å². The molecule has 0 fully saturated rings. The van der Waals surface area contributed by atoms with Crippen LogP contribution in [-0.2, 0) is 17.7 Å². The Hall–Kier alpha value is -1.69. The number of aromatic nitrogens is 3. The molecule has 6 heteroatoms. The molecule has 0 atom stereocenters. The summed E-state index contributed by atoms with van der Waals surface area (Å²) in [7, 11) is 1.32. The highest BCUT2D eigenvalue weighted by Crippen LogP contribution is 2.11. The van der Waals surface area contributed by atoms with Gasteiger partial charge in [0, 0.05) is 11.0 Å². The molecule has 2 aromatic rings. The molecule has 18 heavy (non-hydrogen) atoms. The number of carbonyl (C=O) groups excluding carboxylic acids is 1. The van der Waals surface area contributed by atoms with Crippen molar-refractivity contribution in [3.8, 4) is 0 Å². The normalized spacial score (nSPS) is 10.3. The van der Waals surface area contributed by atoms with E-state index in [0.717, 1.165) is 10.9 Å². The molecule has 0 unspecified atom stereocenters. The van der Waals surface area contributed by atoms with Crippen molar-refractivity contribution in [3.63, 3.8) is 0 Å². The number of hydrogen-bond donors (Lipinski definition) is 0. The smallest absolute Gasteiger partial charge is 0.360 e. The van der Waals surface area contributed by atoms with Gasteiger partial charge in [0.05, 0.1) is 13.3 Å². The highest BCUT2D eigenvalue weighted by molar-refractivity contribution is 9.10. The molecule has 0 amide bonds. The molecule has 1 aromatic carbocycles. The summed E-state index contributed by atoms with van der Waals surface area (Å²) in [5.74, 6) is -0.468. The van der Waals surface area contributed by atoms with Crippen molar-refractivity contribution in [3.05, 3.63) is 46.2 Å². The number of rotatable bonds is 4. The van der Waals surface area contributed by atoms with Gasteiger partial charge in [0.2, 0.25) is 0 Å². The predicted octanol–water partition coefficient (Wildman–Crippen LogP) is 2.07. The standard InChI is InChI=1S/C12H12BrN3O2/c1-18-12(17)11-8-16(15-14-11)7-6-9-2-4-10(13)5-3-9/h2-5,8H,6-7H2,1H3. The number of esters is 1. The van der Waals surface area contributed by atoms with Gasteiger partial charge in [-0.25, -0.2) is 4.79 Å². The average molecular weight is 310 g/mol. The highest BCUT2D eigenvalue weighted by atomic mass is 79.9. The Kier molecular flexibility index (Phi) is 4.09. The third-order valence-corrected chi connectivity index (χ3v) is 3.00. The summed E-state index contributed by atoms with van der Waals surface area (Å²) in [4.78, 5) is 11.2. The van der Waals surface area contributed by atoms with E-state index in [2.05, 4.69) is 31.0 Å². The zero-order valence-corrected chi connectivity index (χ0v) is 11.4.